The summed E-state index contributed by atoms with van der Waals surface area (Å²) in [4.78, 5) is 51.7. The molecule has 3 heterocycles. The maximum Gasteiger partial charge on any atom is 0.317 e. The van der Waals surface area contributed by atoms with Crippen molar-refractivity contribution >= 4 is 61.7 Å². The molecule has 0 bridgehead atoms. The Balaban J connectivity index is 1.27. The average Bonchev–Trinajstić information content (AvgIpc) is 3.96. The highest BCUT2D eigenvalue weighted by atomic mass is 35.5. The van der Waals surface area contributed by atoms with Gasteiger partial charge in [-0.1, -0.05) is 37.6 Å². The van der Waals surface area contributed by atoms with Gasteiger partial charge >= 0.3 is 6.03 Å². The molecule has 3 aliphatic rings. The van der Waals surface area contributed by atoms with E-state index >= 15 is 0 Å². The predicted octanol–water partition coefficient (Wildman–Crippen LogP) is 5.44. The second-order valence-electron chi connectivity index (χ2n) is 13.8. The molecule has 2 saturated carbocycles. The zero-order valence-electron chi connectivity index (χ0n) is 29.3. The minimum atomic E-state index is -4.62. The summed E-state index contributed by atoms with van der Waals surface area (Å²) in [5.74, 6) is -1.22. The van der Waals surface area contributed by atoms with Gasteiger partial charge in [-0.05, 0) is 43.7 Å². The SMILES string of the molecule is COc1ccc2c(OCC[C@@H]3NC(=O)N(C)CCCC/C=C\[C@@H]4C[C@@]4(C(=O)NS(=O)(=O)C4(F)CC4)NC3=O)cc(-c3nc(C(C)C)cs3)nc2c1Cl. The number of alkyl halides is 1. The largest absolute Gasteiger partial charge is 0.495 e. The topological polar surface area (TPSA) is 169 Å². The third-order valence-corrected chi connectivity index (χ3v) is 12.7. The molecule has 2 aliphatic carbocycles. The third-order valence-electron chi connectivity index (χ3n) is 9.62. The molecule has 0 unspecified atom stereocenters. The summed E-state index contributed by atoms with van der Waals surface area (Å²) in [7, 11) is -1.49. The maximum atomic E-state index is 14.6. The number of nitrogens with one attached hydrogen (secondary N) is 3. The summed E-state index contributed by atoms with van der Waals surface area (Å²) < 4.78 is 53.5. The number of carbonyl (C=O) groups excluding carboxylic acids is 3. The van der Waals surface area contributed by atoms with E-state index in [9.17, 15) is 27.2 Å². The fraction of sp³-hybridized carbons (Fsp3) is 0.514. The van der Waals surface area contributed by atoms with E-state index in [-0.39, 0.29) is 43.2 Å². The summed E-state index contributed by atoms with van der Waals surface area (Å²) in [6, 6.07) is 3.50. The van der Waals surface area contributed by atoms with Crippen molar-refractivity contribution in [2.45, 2.75) is 81.3 Å². The second kappa shape index (κ2) is 14.8. The van der Waals surface area contributed by atoms with E-state index in [1.807, 2.05) is 30.0 Å². The van der Waals surface area contributed by atoms with Gasteiger partial charge in [0.15, 0.2) is 0 Å². The highest BCUT2D eigenvalue weighted by molar-refractivity contribution is 7.91. The number of halogens is 2. The first-order chi connectivity index (χ1) is 24.7. The van der Waals surface area contributed by atoms with Crippen molar-refractivity contribution in [3.63, 3.8) is 0 Å². The van der Waals surface area contributed by atoms with Gasteiger partial charge < -0.3 is 25.0 Å². The van der Waals surface area contributed by atoms with E-state index in [1.165, 1.54) is 23.3 Å². The van der Waals surface area contributed by atoms with Gasteiger partial charge in [-0.15, -0.1) is 11.3 Å². The summed E-state index contributed by atoms with van der Waals surface area (Å²) in [5.41, 5.74) is 0.228. The standard InChI is InChI=1S/C35H42ClFN6O7S2/c1-20(2)25-19-51-31(39-25)24-17-27(22-10-11-26(49-4)28(36)29(22)38-24)50-16-12-23-30(44)41-35(32(45)42-52(47,48)34(37)13-14-34)18-21(35)9-7-5-6-8-15-43(3)33(46)40-23/h7,9-11,17,19-21,23H,5-6,8,12-16,18H2,1-4H3,(H,40,46)(H,41,44)(H,42,45)/b9-7-/t21-,23+,35-/m1/s1. The van der Waals surface area contributed by atoms with Gasteiger partial charge in [0.05, 0.1) is 24.9 Å². The number of fused-ring (bicyclic) bond motifs is 2. The molecule has 0 radical (unpaired) electrons. The van der Waals surface area contributed by atoms with Gasteiger partial charge in [0, 0.05) is 55.6 Å². The molecule has 17 heteroatoms. The van der Waals surface area contributed by atoms with Crippen LogP contribution in [0.15, 0.2) is 35.7 Å². The molecule has 1 aromatic carbocycles. The zero-order chi connectivity index (χ0) is 37.4. The monoisotopic (exact) mass is 776 g/mol. The van der Waals surface area contributed by atoms with Crippen LogP contribution in [0.25, 0.3) is 21.6 Å². The second-order valence-corrected chi connectivity index (χ2v) is 17.0. The molecule has 4 amide bonds. The molecule has 280 valence electrons. The van der Waals surface area contributed by atoms with Crippen LogP contribution < -0.4 is 24.8 Å². The Morgan fingerprint density at radius 3 is 2.67 bits per heavy atom. The summed E-state index contributed by atoms with van der Waals surface area (Å²) in [6.07, 6.45) is 5.43. The Kier molecular flexibility index (Phi) is 10.7. The van der Waals surface area contributed by atoms with E-state index in [2.05, 4.69) is 10.6 Å². The molecule has 2 fully saturated rings. The van der Waals surface area contributed by atoms with Crippen LogP contribution in [0.5, 0.6) is 11.5 Å². The van der Waals surface area contributed by atoms with Crippen LogP contribution in [0.4, 0.5) is 9.18 Å². The summed E-state index contributed by atoms with van der Waals surface area (Å²) in [5, 5.41) is 6.46. The molecule has 2 aromatic heterocycles. The van der Waals surface area contributed by atoms with Crippen LogP contribution >= 0.6 is 22.9 Å². The number of ether oxygens (including phenoxy) is 2. The Bertz CT molecular complexity index is 2020. The number of hydrogen-bond acceptors (Lipinski definition) is 10. The lowest BCUT2D eigenvalue weighted by atomic mass is 10.1. The third kappa shape index (κ3) is 7.69. The summed E-state index contributed by atoms with van der Waals surface area (Å²) in [6.45, 7) is 4.48. The Labute approximate surface area is 310 Å². The van der Waals surface area contributed by atoms with E-state index < -0.39 is 50.4 Å². The Hall–Kier alpha value is -4.02. The normalized spacial score (nSPS) is 23.9. The van der Waals surface area contributed by atoms with Gasteiger partial charge in [-0.25, -0.2) is 32.3 Å². The zero-order valence-corrected chi connectivity index (χ0v) is 31.7. The number of urea groups is 1. The molecule has 0 saturated heterocycles. The quantitative estimate of drug-likeness (QED) is 0.227. The van der Waals surface area contributed by atoms with Crippen molar-refractivity contribution in [3.8, 4) is 22.2 Å². The van der Waals surface area contributed by atoms with Crippen molar-refractivity contribution in [2.75, 3.05) is 27.3 Å². The molecule has 3 aromatic rings. The lowest BCUT2D eigenvalue weighted by molar-refractivity contribution is -0.130. The van der Waals surface area contributed by atoms with Crippen LogP contribution in [-0.4, -0.2) is 85.0 Å². The van der Waals surface area contributed by atoms with Crippen molar-refractivity contribution in [3.05, 3.63) is 46.4 Å². The lowest BCUT2D eigenvalue weighted by Crippen LogP contribution is -2.58. The van der Waals surface area contributed by atoms with E-state index in [4.69, 9.17) is 31.0 Å². The number of pyridine rings is 1. The van der Waals surface area contributed by atoms with E-state index in [0.29, 0.717) is 52.5 Å². The number of carbonyl (C=O) groups is 3. The Morgan fingerprint density at radius 2 is 1.98 bits per heavy atom. The Morgan fingerprint density at radius 1 is 1.21 bits per heavy atom. The van der Waals surface area contributed by atoms with Gasteiger partial charge in [-0.3, -0.25) is 9.59 Å². The van der Waals surface area contributed by atoms with Crippen LogP contribution in [0, 0.1) is 5.92 Å². The van der Waals surface area contributed by atoms with Gasteiger partial charge in [0.1, 0.15) is 38.8 Å². The molecule has 6 rings (SSSR count). The number of sulfonamides is 1. The first-order valence-corrected chi connectivity index (χ1v) is 19.9. The predicted molar refractivity (Wildman–Crippen MR) is 196 cm³/mol. The molecule has 13 nitrogen and oxygen atoms in total. The smallest absolute Gasteiger partial charge is 0.317 e. The van der Waals surface area contributed by atoms with Crippen molar-refractivity contribution in [2.24, 2.45) is 5.92 Å². The molecular formula is C35H42ClFN6O7S2. The number of rotatable bonds is 10. The lowest BCUT2D eigenvalue weighted by Gasteiger charge is -2.26. The first-order valence-electron chi connectivity index (χ1n) is 17.2. The number of benzene rings is 1. The summed E-state index contributed by atoms with van der Waals surface area (Å²) >= 11 is 8.14. The molecule has 0 spiro atoms. The molecule has 3 atom stereocenters. The van der Waals surface area contributed by atoms with Crippen molar-refractivity contribution < 1.29 is 36.7 Å². The minimum Gasteiger partial charge on any atom is -0.495 e. The minimum absolute atomic E-state index is 0.0344. The van der Waals surface area contributed by atoms with E-state index in [1.54, 1.807) is 31.3 Å². The number of nitrogens with zero attached hydrogens (tertiary/aromatic N) is 3. The van der Waals surface area contributed by atoms with E-state index in [0.717, 1.165) is 12.1 Å². The number of aromatic nitrogens is 2. The van der Waals surface area contributed by atoms with Gasteiger partial charge in [0.25, 0.3) is 15.9 Å². The fourth-order valence-corrected chi connectivity index (χ4v) is 8.49. The maximum absolute atomic E-state index is 14.6. The molecular weight excluding hydrogens is 735 g/mol. The highest BCUT2D eigenvalue weighted by Crippen LogP contribution is 2.48. The van der Waals surface area contributed by atoms with Crippen LogP contribution in [-0.2, 0) is 19.6 Å². The number of methoxy groups -OCH3 is 1. The number of allylic oxidation sites excluding steroid dienone is 1. The van der Waals surface area contributed by atoms with Gasteiger partial charge in [0.2, 0.25) is 10.9 Å². The van der Waals surface area contributed by atoms with Gasteiger partial charge in [-0.2, -0.15) is 0 Å². The number of amides is 4. The fourth-order valence-electron chi connectivity index (χ4n) is 6.01. The number of thiazole rings is 1. The van der Waals surface area contributed by atoms with Crippen molar-refractivity contribution in [1.82, 2.24) is 30.2 Å². The highest BCUT2D eigenvalue weighted by Gasteiger charge is 2.63. The molecule has 52 heavy (non-hydrogen) atoms. The van der Waals surface area contributed by atoms with Crippen LogP contribution in [0.2, 0.25) is 5.02 Å². The number of hydrogen-bond donors (Lipinski definition) is 3. The van der Waals surface area contributed by atoms with Crippen LogP contribution in [0.1, 0.15) is 70.4 Å². The molecule has 3 N–H and O–H groups in total. The molecule has 1 aliphatic heterocycles. The van der Waals surface area contributed by atoms with Crippen LogP contribution in [0.3, 0.4) is 0 Å². The van der Waals surface area contributed by atoms with Crippen molar-refractivity contribution in [1.29, 1.82) is 0 Å². The first kappa shape index (κ1) is 37.7. The average molecular weight is 777 g/mol.